The van der Waals surface area contributed by atoms with E-state index in [-0.39, 0.29) is 19.1 Å². The molecule has 2 atom stereocenters. The number of β-amino-alcohol motifs (C(OH)–C–C–N with tert-alkyl or cyclic N) is 1. The summed E-state index contributed by atoms with van der Waals surface area (Å²) < 4.78 is 10.6. The number of urea groups is 1. The van der Waals surface area contributed by atoms with E-state index >= 15 is 0 Å². The van der Waals surface area contributed by atoms with Crippen LogP contribution in [0.2, 0.25) is 0 Å². The number of aliphatic hydroxyl groups excluding tert-OH is 1. The summed E-state index contributed by atoms with van der Waals surface area (Å²) in [4.78, 5) is 25.6. The average molecular weight is 370 g/mol. The molecule has 2 aromatic carbocycles. The highest BCUT2D eigenvalue weighted by molar-refractivity contribution is 6.04. The van der Waals surface area contributed by atoms with Gasteiger partial charge in [0.1, 0.15) is 30.3 Å². The van der Waals surface area contributed by atoms with E-state index in [4.69, 9.17) is 9.47 Å². The topological polar surface area (TPSA) is 88.1 Å². The molecule has 2 N–H and O–H groups in total. The van der Waals surface area contributed by atoms with Crippen LogP contribution >= 0.6 is 0 Å². The molecule has 1 heterocycles. The Morgan fingerprint density at radius 3 is 2.41 bits per heavy atom. The number of hydrogen-bond acceptors (Lipinski definition) is 5. The van der Waals surface area contributed by atoms with E-state index in [9.17, 15) is 14.7 Å². The first-order chi connectivity index (χ1) is 13.1. The van der Waals surface area contributed by atoms with Crippen LogP contribution in [-0.4, -0.2) is 54.4 Å². The predicted molar refractivity (Wildman–Crippen MR) is 98.7 cm³/mol. The molecule has 142 valence electrons. The second-order valence-corrected chi connectivity index (χ2v) is 6.28. The van der Waals surface area contributed by atoms with Gasteiger partial charge < -0.3 is 19.9 Å². The van der Waals surface area contributed by atoms with Crippen molar-refractivity contribution >= 4 is 11.9 Å². The first-order valence-electron chi connectivity index (χ1n) is 8.67. The van der Waals surface area contributed by atoms with Crippen molar-refractivity contribution in [3.8, 4) is 11.5 Å². The van der Waals surface area contributed by atoms with Crippen molar-refractivity contribution in [3.05, 3.63) is 60.2 Å². The van der Waals surface area contributed by atoms with E-state index in [0.29, 0.717) is 17.9 Å². The summed E-state index contributed by atoms with van der Waals surface area (Å²) in [5.41, 5.74) is 0.960. The van der Waals surface area contributed by atoms with Crippen LogP contribution in [-0.2, 0) is 11.2 Å². The minimum atomic E-state index is -0.989. The summed E-state index contributed by atoms with van der Waals surface area (Å²) in [7, 11) is 1.57. The Kier molecular flexibility index (Phi) is 5.93. The number of amides is 3. The van der Waals surface area contributed by atoms with Gasteiger partial charge in [0.05, 0.1) is 13.7 Å². The number of methoxy groups -OCH3 is 1. The number of nitrogens with one attached hydrogen (secondary N) is 1. The fourth-order valence-corrected chi connectivity index (χ4v) is 2.87. The van der Waals surface area contributed by atoms with Crippen molar-refractivity contribution in [1.29, 1.82) is 0 Å². The molecule has 0 unspecified atom stereocenters. The Morgan fingerprint density at radius 2 is 1.74 bits per heavy atom. The molecule has 1 aliphatic rings. The number of hydrogen-bond donors (Lipinski definition) is 2. The lowest BCUT2D eigenvalue weighted by atomic mass is 10.1. The molecule has 1 aliphatic heterocycles. The molecule has 0 spiro atoms. The molecule has 7 heteroatoms. The van der Waals surface area contributed by atoms with Crippen LogP contribution in [0.3, 0.4) is 0 Å². The van der Waals surface area contributed by atoms with Gasteiger partial charge in [-0.05, 0) is 29.8 Å². The van der Waals surface area contributed by atoms with Gasteiger partial charge in [-0.2, -0.15) is 0 Å². The summed E-state index contributed by atoms with van der Waals surface area (Å²) in [5, 5.41) is 12.8. The molecule has 27 heavy (non-hydrogen) atoms. The molecule has 1 fully saturated rings. The third kappa shape index (κ3) is 4.77. The van der Waals surface area contributed by atoms with Gasteiger partial charge >= 0.3 is 6.03 Å². The van der Waals surface area contributed by atoms with Gasteiger partial charge in [-0.3, -0.25) is 9.69 Å². The molecule has 3 rings (SSSR count). The highest BCUT2D eigenvalue weighted by Gasteiger charge is 2.38. The summed E-state index contributed by atoms with van der Waals surface area (Å²) in [5.74, 6) is 0.924. The smallest absolute Gasteiger partial charge is 0.324 e. The van der Waals surface area contributed by atoms with Crippen LogP contribution in [0.5, 0.6) is 11.5 Å². The Bertz CT molecular complexity index is 779. The van der Waals surface area contributed by atoms with Crippen molar-refractivity contribution in [1.82, 2.24) is 10.2 Å². The molecule has 0 aromatic heterocycles. The SMILES string of the molecule is COc1ccc(OC[C@H](O)CN2C(=O)N[C@H](Cc3ccccc3)C2=O)cc1. The second-order valence-electron chi connectivity index (χ2n) is 6.28. The average Bonchev–Trinajstić information content (AvgIpc) is 2.95. The molecular weight excluding hydrogens is 348 g/mol. The molecule has 0 bridgehead atoms. The fraction of sp³-hybridized carbons (Fsp3) is 0.300. The molecular formula is C20H22N2O5. The van der Waals surface area contributed by atoms with E-state index < -0.39 is 18.2 Å². The molecule has 0 aliphatic carbocycles. The Hall–Kier alpha value is -3.06. The molecule has 7 nitrogen and oxygen atoms in total. The lowest BCUT2D eigenvalue weighted by Gasteiger charge is -2.18. The van der Waals surface area contributed by atoms with Crippen LogP contribution in [0.4, 0.5) is 4.79 Å². The van der Waals surface area contributed by atoms with Gasteiger partial charge in [-0.1, -0.05) is 30.3 Å². The third-order valence-corrected chi connectivity index (χ3v) is 4.28. The quantitative estimate of drug-likeness (QED) is 0.689. The molecule has 2 aromatic rings. The zero-order valence-corrected chi connectivity index (χ0v) is 15.0. The lowest BCUT2D eigenvalue weighted by Crippen LogP contribution is -2.40. The number of imide groups is 1. The van der Waals surface area contributed by atoms with E-state index in [1.807, 2.05) is 30.3 Å². The third-order valence-electron chi connectivity index (χ3n) is 4.28. The minimum Gasteiger partial charge on any atom is -0.497 e. The van der Waals surface area contributed by atoms with Gasteiger partial charge in [0.2, 0.25) is 0 Å². The zero-order valence-electron chi connectivity index (χ0n) is 15.0. The van der Waals surface area contributed by atoms with Crippen LogP contribution < -0.4 is 14.8 Å². The summed E-state index contributed by atoms with van der Waals surface area (Å²) in [6.45, 7) is -0.154. The normalized spacial score (nSPS) is 17.6. The molecule has 1 saturated heterocycles. The van der Waals surface area contributed by atoms with Crippen LogP contribution in [0.25, 0.3) is 0 Å². The maximum atomic E-state index is 12.5. The molecule has 0 radical (unpaired) electrons. The number of carbonyl (C=O) groups excluding carboxylic acids is 2. The van der Waals surface area contributed by atoms with Gasteiger partial charge in [0.25, 0.3) is 5.91 Å². The maximum absolute atomic E-state index is 12.5. The summed E-state index contributed by atoms with van der Waals surface area (Å²) in [6, 6.07) is 15.3. The van der Waals surface area contributed by atoms with E-state index in [2.05, 4.69) is 5.32 Å². The first kappa shape index (κ1) is 18.7. The fourth-order valence-electron chi connectivity index (χ4n) is 2.87. The number of carbonyl (C=O) groups is 2. The first-order valence-corrected chi connectivity index (χ1v) is 8.67. The van der Waals surface area contributed by atoms with Crippen molar-refractivity contribution in [3.63, 3.8) is 0 Å². The Morgan fingerprint density at radius 1 is 1.07 bits per heavy atom. The van der Waals surface area contributed by atoms with Crippen molar-refractivity contribution in [2.24, 2.45) is 0 Å². The van der Waals surface area contributed by atoms with Crippen LogP contribution in [0.15, 0.2) is 54.6 Å². The largest absolute Gasteiger partial charge is 0.497 e. The summed E-state index contributed by atoms with van der Waals surface area (Å²) >= 11 is 0. The van der Waals surface area contributed by atoms with Gasteiger partial charge in [-0.15, -0.1) is 0 Å². The minimum absolute atomic E-state index is 0.0350. The monoisotopic (exact) mass is 370 g/mol. The number of rotatable bonds is 8. The standard InChI is InChI=1S/C20H22N2O5/c1-26-16-7-9-17(10-8-16)27-13-15(23)12-22-19(24)18(21-20(22)25)11-14-5-3-2-4-6-14/h2-10,15,18,23H,11-13H2,1H3,(H,21,25)/t15-,18-/m1/s1. The predicted octanol–water partition coefficient (Wildman–Crippen LogP) is 1.60. The number of benzene rings is 2. The van der Waals surface area contributed by atoms with Gasteiger partial charge in [0, 0.05) is 6.42 Å². The Labute approximate surface area is 157 Å². The second kappa shape index (κ2) is 8.55. The Balaban J connectivity index is 1.51. The maximum Gasteiger partial charge on any atom is 0.324 e. The van der Waals surface area contributed by atoms with Crippen molar-refractivity contribution in [2.45, 2.75) is 18.6 Å². The summed E-state index contributed by atoms with van der Waals surface area (Å²) in [6.07, 6.45) is -0.572. The number of aliphatic hydroxyl groups is 1. The number of ether oxygens (including phenoxy) is 2. The van der Waals surface area contributed by atoms with Crippen molar-refractivity contribution < 1.29 is 24.2 Å². The molecule has 3 amide bonds. The van der Waals surface area contributed by atoms with Crippen LogP contribution in [0, 0.1) is 0 Å². The van der Waals surface area contributed by atoms with Crippen LogP contribution in [0.1, 0.15) is 5.56 Å². The van der Waals surface area contributed by atoms with Crippen molar-refractivity contribution in [2.75, 3.05) is 20.3 Å². The van der Waals surface area contributed by atoms with E-state index in [1.54, 1.807) is 31.4 Å². The highest BCUT2D eigenvalue weighted by Crippen LogP contribution is 2.17. The lowest BCUT2D eigenvalue weighted by molar-refractivity contribution is -0.128. The van der Waals surface area contributed by atoms with E-state index in [0.717, 1.165) is 10.5 Å². The number of nitrogens with zero attached hydrogens (tertiary/aromatic N) is 1. The molecule has 0 saturated carbocycles. The highest BCUT2D eigenvalue weighted by atomic mass is 16.5. The van der Waals surface area contributed by atoms with Gasteiger partial charge in [0.15, 0.2) is 0 Å². The van der Waals surface area contributed by atoms with E-state index in [1.165, 1.54) is 0 Å². The van der Waals surface area contributed by atoms with Gasteiger partial charge in [-0.25, -0.2) is 4.79 Å². The zero-order chi connectivity index (χ0) is 19.2.